The predicted molar refractivity (Wildman–Crippen MR) is 75.3 cm³/mol. The van der Waals surface area contributed by atoms with Gasteiger partial charge in [0.25, 0.3) is 0 Å². The van der Waals surface area contributed by atoms with Crippen LogP contribution in [0.3, 0.4) is 0 Å². The highest BCUT2D eigenvalue weighted by Gasteiger charge is 2.29. The van der Waals surface area contributed by atoms with Crippen LogP contribution in [0.1, 0.15) is 26.2 Å². The molecule has 0 aliphatic heterocycles. The fraction of sp³-hybridized carbons (Fsp3) is 0.538. The molecule has 1 aromatic rings. The van der Waals surface area contributed by atoms with Crippen LogP contribution in [0.5, 0.6) is 0 Å². The number of hydrogen-bond acceptors (Lipinski definition) is 3. The lowest BCUT2D eigenvalue weighted by atomic mass is 10.1. The van der Waals surface area contributed by atoms with Crippen LogP contribution in [-0.4, -0.2) is 20.7 Å². The average Bonchev–Trinajstić information content (AvgIpc) is 3.10. The van der Waals surface area contributed by atoms with Crippen molar-refractivity contribution in [1.82, 2.24) is 0 Å². The molecule has 0 spiro atoms. The van der Waals surface area contributed by atoms with Gasteiger partial charge in [0.2, 0.25) is 10.0 Å². The van der Waals surface area contributed by atoms with Crippen molar-refractivity contribution in [2.45, 2.75) is 32.2 Å². The highest BCUT2D eigenvalue weighted by Crippen LogP contribution is 2.35. The lowest BCUT2D eigenvalue weighted by molar-refractivity contribution is 0.607. The molecule has 0 radical (unpaired) electrons. The summed E-state index contributed by atoms with van der Waals surface area (Å²) in [6.45, 7) is 2.19. The van der Waals surface area contributed by atoms with Gasteiger partial charge < -0.3 is 5.32 Å². The molecule has 1 aromatic carbocycles. The van der Waals surface area contributed by atoms with Crippen LogP contribution in [0.2, 0.25) is 0 Å². The number of anilines is 2. The van der Waals surface area contributed by atoms with E-state index in [-0.39, 0.29) is 0 Å². The second-order valence-corrected chi connectivity index (χ2v) is 6.70. The van der Waals surface area contributed by atoms with E-state index in [1.54, 1.807) is 12.1 Å². The SMILES string of the molecule is CCC(Nc1ccc(NS(C)(=O)=O)cc1)C1CC1. The largest absolute Gasteiger partial charge is 0.382 e. The normalized spacial score (nSPS) is 17.2. The quantitative estimate of drug-likeness (QED) is 0.834. The van der Waals surface area contributed by atoms with Crippen molar-refractivity contribution in [3.63, 3.8) is 0 Å². The van der Waals surface area contributed by atoms with E-state index in [2.05, 4.69) is 17.0 Å². The van der Waals surface area contributed by atoms with Crippen LogP contribution in [0.25, 0.3) is 0 Å². The van der Waals surface area contributed by atoms with Gasteiger partial charge in [0, 0.05) is 17.4 Å². The van der Waals surface area contributed by atoms with Crippen molar-refractivity contribution in [2.75, 3.05) is 16.3 Å². The fourth-order valence-corrected chi connectivity index (χ4v) is 2.68. The van der Waals surface area contributed by atoms with Gasteiger partial charge in [0.15, 0.2) is 0 Å². The third-order valence-electron chi connectivity index (χ3n) is 3.17. The van der Waals surface area contributed by atoms with Crippen LogP contribution in [0.4, 0.5) is 11.4 Å². The Morgan fingerprint density at radius 1 is 1.22 bits per heavy atom. The first kappa shape index (κ1) is 13.2. The van der Waals surface area contributed by atoms with Crippen LogP contribution < -0.4 is 10.0 Å². The second-order valence-electron chi connectivity index (χ2n) is 4.95. The summed E-state index contributed by atoms with van der Waals surface area (Å²) in [5.74, 6) is 0.809. The lowest BCUT2D eigenvalue weighted by Crippen LogP contribution is -2.20. The van der Waals surface area contributed by atoms with Gasteiger partial charge in [-0.3, -0.25) is 4.72 Å². The first-order valence-electron chi connectivity index (χ1n) is 6.32. The molecule has 4 nitrogen and oxygen atoms in total. The van der Waals surface area contributed by atoms with Gasteiger partial charge in [0.05, 0.1) is 6.26 Å². The van der Waals surface area contributed by atoms with E-state index in [1.165, 1.54) is 12.8 Å². The summed E-state index contributed by atoms with van der Waals surface area (Å²) < 4.78 is 24.6. The van der Waals surface area contributed by atoms with Gasteiger partial charge in [-0.05, 0) is 49.4 Å². The first-order chi connectivity index (χ1) is 8.48. The maximum atomic E-state index is 11.1. The Kier molecular flexibility index (Phi) is 3.80. The van der Waals surface area contributed by atoms with Crippen LogP contribution in [-0.2, 0) is 10.0 Å². The second kappa shape index (κ2) is 5.18. The third kappa shape index (κ3) is 3.91. The van der Waals surface area contributed by atoms with E-state index in [0.29, 0.717) is 11.7 Å². The molecule has 1 unspecified atom stereocenters. The molecule has 1 saturated carbocycles. The van der Waals surface area contributed by atoms with Crippen LogP contribution in [0, 0.1) is 5.92 Å². The summed E-state index contributed by atoms with van der Waals surface area (Å²) in [6, 6.07) is 7.93. The molecule has 1 aliphatic carbocycles. The van der Waals surface area contributed by atoms with Gasteiger partial charge in [-0.15, -0.1) is 0 Å². The third-order valence-corrected chi connectivity index (χ3v) is 3.78. The molecule has 2 rings (SSSR count). The first-order valence-corrected chi connectivity index (χ1v) is 8.21. The van der Waals surface area contributed by atoms with Crippen molar-refractivity contribution < 1.29 is 8.42 Å². The molecule has 5 heteroatoms. The van der Waals surface area contributed by atoms with Gasteiger partial charge in [-0.2, -0.15) is 0 Å². The number of sulfonamides is 1. The van der Waals surface area contributed by atoms with Crippen LogP contribution in [0.15, 0.2) is 24.3 Å². The Bertz CT molecular complexity index is 492. The Hall–Kier alpha value is -1.23. The van der Waals surface area contributed by atoms with E-state index in [4.69, 9.17) is 0 Å². The van der Waals surface area contributed by atoms with Gasteiger partial charge >= 0.3 is 0 Å². The van der Waals surface area contributed by atoms with E-state index in [9.17, 15) is 8.42 Å². The van der Waals surface area contributed by atoms with Crippen molar-refractivity contribution in [1.29, 1.82) is 0 Å². The van der Waals surface area contributed by atoms with Gasteiger partial charge in [0.1, 0.15) is 0 Å². The molecule has 0 amide bonds. The molecule has 0 bridgehead atoms. The maximum Gasteiger partial charge on any atom is 0.229 e. The fourth-order valence-electron chi connectivity index (χ4n) is 2.11. The molecular formula is C13H20N2O2S. The van der Waals surface area contributed by atoms with Crippen molar-refractivity contribution >= 4 is 21.4 Å². The minimum atomic E-state index is -3.19. The number of nitrogens with one attached hydrogen (secondary N) is 2. The molecule has 100 valence electrons. The van der Waals surface area contributed by atoms with E-state index in [1.807, 2.05) is 12.1 Å². The molecule has 1 atom stereocenters. The summed E-state index contributed by atoms with van der Waals surface area (Å²) in [5.41, 5.74) is 1.65. The lowest BCUT2D eigenvalue weighted by Gasteiger charge is -2.17. The topological polar surface area (TPSA) is 58.2 Å². The molecule has 1 aliphatic rings. The summed E-state index contributed by atoms with van der Waals surface area (Å²) >= 11 is 0. The molecule has 18 heavy (non-hydrogen) atoms. The molecule has 1 fully saturated rings. The Balaban J connectivity index is 1.98. The highest BCUT2D eigenvalue weighted by molar-refractivity contribution is 7.92. The van der Waals surface area contributed by atoms with Crippen molar-refractivity contribution in [3.05, 3.63) is 24.3 Å². The van der Waals surface area contributed by atoms with Crippen molar-refractivity contribution in [3.8, 4) is 0 Å². The number of rotatable bonds is 6. The smallest absolute Gasteiger partial charge is 0.229 e. The summed E-state index contributed by atoms with van der Waals surface area (Å²) in [5, 5.41) is 3.50. The zero-order chi connectivity index (χ0) is 13.2. The molecule has 2 N–H and O–H groups in total. The van der Waals surface area contributed by atoms with E-state index < -0.39 is 10.0 Å². The zero-order valence-electron chi connectivity index (χ0n) is 10.8. The highest BCUT2D eigenvalue weighted by atomic mass is 32.2. The zero-order valence-corrected chi connectivity index (χ0v) is 11.6. The Morgan fingerprint density at radius 2 is 1.78 bits per heavy atom. The monoisotopic (exact) mass is 268 g/mol. The molecule has 0 heterocycles. The van der Waals surface area contributed by atoms with Gasteiger partial charge in [-0.25, -0.2) is 8.42 Å². The minimum Gasteiger partial charge on any atom is -0.382 e. The van der Waals surface area contributed by atoms with Crippen molar-refractivity contribution in [2.24, 2.45) is 5.92 Å². The molecular weight excluding hydrogens is 248 g/mol. The van der Waals surface area contributed by atoms with Gasteiger partial charge in [-0.1, -0.05) is 6.92 Å². The Morgan fingerprint density at radius 3 is 2.22 bits per heavy atom. The summed E-state index contributed by atoms with van der Waals surface area (Å²) in [7, 11) is -3.19. The minimum absolute atomic E-state index is 0.540. The molecule has 0 saturated heterocycles. The van der Waals surface area contributed by atoms with E-state index in [0.717, 1.165) is 24.3 Å². The predicted octanol–water partition coefficient (Wildman–Crippen LogP) is 2.66. The summed E-state index contributed by atoms with van der Waals surface area (Å²) in [6.07, 6.45) is 4.91. The Labute approximate surface area is 109 Å². The maximum absolute atomic E-state index is 11.1. The number of hydrogen-bond donors (Lipinski definition) is 2. The average molecular weight is 268 g/mol. The standard InChI is InChI=1S/C13H20N2O2S/c1-3-13(10-4-5-10)14-11-6-8-12(9-7-11)15-18(2,16)17/h6-10,13-15H,3-5H2,1-2H3. The molecule has 0 aromatic heterocycles. The summed E-state index contributed by atoms with van der Waals surface area (Å²) in [4.78, 5) is 0. The van der Waals surface area contributed by atoms with E-state index >= 15 is 0 Å². The number of benzene rings is 1. The van der Waals surface area contributed by atoms with Crippen LogP contribution >= 0.6 is 0 Å².